The van der Waals surface area contributed by atoms with Crippen molar-refractivity contribution in [2.75, 3.05) is 14.1 Å². The smallest absolute Gasteiger partial charge is 0.187 e. The number of hydrogen-bond donors (Lipinski definition) is 0. The maximum absolute atomic E-state index is 11.6. The number of benzene rings is 1. The average molecular weight is 249 g/mol. The van der Waals surface area contributed by atoms with Gasteiger partial charge in [-0.1, -0.05) is 51.5 Å². The van der Waals surface area contributed by atoms with Crippen molar-refractivity contribution < 1.29 is 4.79 Å². The molecule has 0 fully saturated rings. The molecule has 0 aliphatic carbocycles. The third kappa shape index (κ3) is 8.57. The minimum atomic E-state index is 0.0439. The molecule has 0 amide bonds. The Balaban J connectivity index is 0. The molecule has 0 atom stereocenters. The van der Waals surface area contributed by atoms with Crippen molar-refractivity contribution in [3.8, 4) is 0 Å². The topological polar surface area (TPSA) is 20.3 Å². The van der Waals surface area contributed by atoms with Crippen LogP contribution in [-0.4, -0.2) is 24.8 Å². The van der Waals surface area contributed by atoms with Gasteiger partial charge in [-0.2, -0.15) is 0 Å². The summed E-state index contributed by atoms with van der Waals surface area (Å²) >= 11 is 0. The monoisotopic (exact) mass is 249 g/mol. The van der Waals surface area contributed by atoms with Gasteiger partial charge >= 0.3 is 0 Å². The van der Waals surface area contributed by atoms with E-state index >= 15 is 0 Å². The van der Waals surface area contributed by atoms with Gasteiger partial charge in [0.2, 0.25) is 0 Å². The number of rotatable bonds is 3. The van der Waals surface area contributed by atoms with Gasteiger partial charge in [-0.25, -0.2) is 0 Å². The first-order valence-electron chi connectivity index (χ1n) is 6.55. The van der Waals surface area contributed by atoms with Crippen LogP contribution in [0.3, 0.4) is 0 Å². The van der Waals surface area contributed by atoms with Crippen LogP contribution in [0.1, 0.15) is 43.6 Å². The van der Waals surface area contributed by atoms with E-state index in [1.807, 2.05) is 77.9 Å². The van der Waals surface area contributed by atoms with Gasteiger partial charge in [-0.05, 0) is 13.0 Å². The normalized spacial score (nSPS) is 8.83. The number of carbonyl (C=O) groups excluding carboxylic acids is 1. The number of aryl methyl sites for hydroxylation is 1. The molecule has 0 unspecified atom stereocenters. The lowest BCUT2D eigenvalue weighted by Gasteiger charge is -2.03. The molecule has 1 aromatic rings. The standard InChI is InChI=1S/C12H15NO.2C2H6/c1-10-5-4-6-11(9-10)12(14)7-8-13(2)3;2*1-2/h4-9H,1-3H3;2*1-2H3/b8-7+;;. The van der Waals surface area contributed by atoms with Gasteiger partial charge in [0.05, 0.1) is 0 Å². The van der Waals surface area contributed by atoms with Crippen LogP contribution in [0.2, 0.25) is 0 Å². The van der Waals surface area contributed by atoms with Crippen LogP contribution in [-0.2, 0) is 0 Å². The quantitative estimate of drug-likeness (QED) is 0.588. The van der Waals surface area contributed by atoms with Gasteiger partial charge in [0.25, 0.3) is 0 Å². The van der Waals surface area contributed by atoms with Gasteiger partial charge < -0.3 is 4.90 Å². The van der Waals surface area contributed by atoms with Gasteiger partial charge in [0.15, 0.2) is 5.78 Å². The van der Waals surface area contributed by atoms with Gasteiger partial charge in [0, 0.05) is 31.9 Å². The summed E-state index contributed by atoms with van der Waals surface area (Å²) in [6.45, 7) is 9.98. The largest absolute Gasteiger partial charge is 0.383 e. The predicted molar refractivity (Wildman–Crippen MR) is 81.0 cm³/mol. The first kappa shape index (κ1) is 18.8. The van der Waals surface area contributed by atoms with Crippen LogP contribution in [0, 0.1) is 6.92 Å². The molecule has 0 saturated heterocycles. The maximum atomic E-state index is 11.6. The molecule has 0 radical (unpaired) electrons. The van der Waals surface area contributed by atoms with Crippen LogP contribution in [0.15, 0.2) is 36.5 Å². The second kappa shape index (κ2) is 11.9. The van der Waals surface area contributed by atoms with Crippen LogP contribution in [0.25, 0.3) is 0 Å². The van der Waals surface area contributed by atoms with Crippen molar-refractivity contribution >= 4 is 5.78 Å². The second-order valence-electron chi connectivity index (χ2n) is 3.51. The number of hydrogen-bond acceptors (Lipinski definition) is 2. The summed E-state index contributed by atoms with van der Waals surface area (Å²) in [7, 11) is 3.78. The van der Waals surface area contributed by atoms with E-state index in [0.29, 0.717) is 0 Å². The molecular formula is C16H27NO. The van der Waals surface area contributed by atoms with E-state index in [1.165, 1.54) is 0 Å². The zero-order valence-electron chi connectivity index (χ0n) is 12.8. The van der Waals surface area contributed by atoms with E-state index in [-0.39, 0.29) is 5.78 Å². The van der Waals surface area contributed by atoms with Crippen LogP contribution < -0.4 is 0 Å². The first-order valence-corrected chi connectivity index (χ1v) is 6.55. The maximum Gasteiger partial charge on any atom is 0.187 e. The predicted octanol–water partition coefficient (Wildman–Crippen LogP) is 4.31. The van der Waals surface area contributed by atoms with Gasteiger partial charge in [-0.15, -0.1) is 0 Å². The summed E-state index contributed by atoms with van der Waals surface area (Å²) in [6, 6.07) is 7.59. The lowest BCUT2D eigenvalue weighted by Crippen LogP contribution is -2.03. The Morgan fingerprint density at radius 3 is 2.11 bits per heavy atom. The van der Waals surface area contributed by atoms with Crippen molar-refractivity contribution in [1.29, 1.82) is 0 Å². The fourth-order valence-electron chi connectivity index (χ4n) is 1.11. The average Bonchev–Trinajstić information content (AvgIpc) is 2.40. The molecule has 0 aromatic heterocycles. The number of allylic oxidation sites excluding steroid dienone is 1. The van der Waals surface area contributed by atoms with E-state index < -0.39 is 0 Å². The molecule has 0 bridgehead atoms. The fourth-order valence-corrected chi connectivity index (χ4v) is 1.11. The van der Waals surface area contributed by atoms with E-state index in [1.54, 1.807) is 12.3 Å². The minimum Gasteiger partial charge on any atom is -0.383 e. The van der Waals surface area contributed by atoms with Crippen molar-refractivity contribution in [3.05, 3.63) is 47.7 Å². The molecular weight excluding hydrogens is 222 g/mol. The molecule has 0 aliphatic rings. The molecule has 2 heteroatoms. The van der Waals surface area contributed by atoms with E-state index in [4.69, 9.17) is 0 Å². The zero-order chi connectivity index (χ0) is 14.6. The number of carbonyl (C=O) groups is 1. The summed E-state index contributed by atoms with van der Waals surface area (Å²) in [4.78, 5) is 13.4. The Bertz CT molecular complexity index is 354. The highest BCUT2D eigenvalue weighted by molar-refractivity contribution is 6.04. The van der Waals surface area contributed by atoms with Gasteiger partial charge in [0.1, 0.15) is 0 Å². The lowest BCUT2D eigenvalue weighted by molar-refractivity contribution is 0.104. The van der Waals surface area contributed by atoms with Gasteiger partial charge in [-0.3, -0.25) is 4.79 Å². The molecule has 0 N–H and O–H groups in total. The molecule has 0 saturated carbocycles. The number of nitrogens with zero attached hydrogens (tertiary/aromatic N) is 1. The first-order chi connectivity index (χ1) is 8.59. The SMILES string of the molecule is CC.CC.Cc1cccc(C(=O)/C=C/N(C)C)c1. The van der Waals surface area contributed by atoms with E-state index in [2.05, 4.69) is 0 Å². The molecule has 1 rings (SSSR count). The molecule has 0 spiro atoms. The zero-order valence-corrected chi connectivity index (χ0v) is 12.8. The molecule has 18 heavy (non-hydrogen) atoms. The highest BCUT2D eigenvalue weighted by atomic mass is 16.1. The lowest BCUT2D eigenvalue weighted by atomic mass is 10.1. The Hall–Kier alpha value is -1.57. The fraction of sp³-hybridized carbons (Fsp3) is 0.438. The summed E-state index contributed by atoms with van der Waals surface area (Å²) < 4.78 is 0. The summed E-state index contributed by atoms with van der Waals surface area (Å²) in [5.74, 6) is 0.0439. The van der Waals surface area contributed by atoms with Crippen LogP contribution in [0.4, 0.5) is 0 Å². The Kier molecular flexibility index (Phi) is 12.4. The molecule has 0 heterocycles. The van der Waals surface area contributed by atoms with Crippen molar-refractivity contribution in [3.63, 3.8) is 0 Å². The Morgan fingerprint density at radius 2 is 1.67 bits per heavy atom. The number of ketones is 1. The minimum absolute atomic E-state index is 0.0439. The third-order valence-corrected chi connectivity index (χ3v) is 1.83. The van der Waals surface area contributed by atoms with Crippen LogP contribution >= 0.6 is 0 Å². The van der Waals surface area contributed by atoms with E-state index in [0.717, 1.165) is 11.1 Å². The summed E-state index contributed by atoms with van der Waals surface area (Å²) in [5.41, 5.74) is 1.84. The summed E-state index contributed by atoms with van der Waals surface area (Å²) in [6.07, 6.45) is 3.33. The second-order valence-corrected chi connectivity index (χ2v) is 3.51. The van der Waals surface area contributed by atoms with Crippen molar-refractivity contribution in [2.45, 2.75) is 34.6 Å². The summed E-state index contributed by atoms with van der Waals surface area (Å²) in [5, 5.41) is 0. The van der Waals surface area contributed by atoms with Crippen molar-refractivity contribution in [1.82, 2.24) is 4.90 Å². The molecule has 2 nitrogen and oxygen atoms in total. The third-order valence-electron chi connectivity index (χ3n) is 1.83. The molecule has 1 aromatic carbocycles. The highest BCUT2D eigenvalue weighted by Crippen LogP contribution is 2.05. The molecule has 102 valence electrons. The highest BCUT2D eigenvalue weighted by Gasteiger charge is 2.00. The molecule has 0 aliphatic heterocycles. The van der Waals surface area contributed by atoms with Crippen molar-refractivity contribution in [2.24, 2.45) is 0 Å². The Morgan fingerprint density at radius 1 is 1.11 bits per heavy atom. The van der Waals surface area contributed by atoms with E-state index in [9.17, 15) is 4.79 Å². The Labute approximate surface area is 112 Å². The van der Waals surface area contributed by atoms with Crippen LogP contribution in [0.5, 0.6) is 0 Å².